The van der Waals surface area contributed by atoms with E-state index in [1.165, 1.54) is 5.56 Å². The summed E-state index contributed by atoms with van der Waals surface area (Å²) in [7, 11) is 1.82. The summed E-state index contributed by atoms with van der Waals surface area (Å²) >= 11 is 1.65. The van der Waals surface area contributed by atoms with Gasteiger partial charge in [0.2, 0.25) is 5.91 Å². The third-order valence-corrected chi connectivity index (χ3v) is 6.76. The quantitative estimate of drug-likeness (QED) is 0.542. The molecule has 3 aromatic carbocycles. The summed E-state index contributed by atoms with van der Waals surface area (Å²) in [6.45, 7) is 1.27. The minimum absolute atomic E-state index is 0.00223. The molecule has 3 aromatic rings. The van der Waals surface area contributed by atoms with Crippen LogP contribution in [0.5, 0.6) is 0 Å². The van der Waals surface area contributed by atoms with Crippen molar-refractivity contribution in [2.24, 2.45) is 0 Å². The van der Waals surface area contributed by atoms with Crippen LogP contribution in [0.1, 0.15) is 32.4 Å². The Kier molecular flexibility index (Phi) is 6.73. The molecule has 0 aromatic heterocycles. The van der Waals surface area contributed by atoms with Gasteiger partial charge in [0.25, 0.3) is 5.91 Å². The van der Waals surface area contributed by atoms with Gasteiger partial charge in [-0.05, 0) is 35.2 Å². The summed E-state index contributed by atoms with van der Waals surface area (Å²) in [4.78, 5) is 29.0. The van der Waals surface area contributed by atoms with Crippen molar-refractivity contribution in [1.82, 2.24) is 9.80 Å². The molecule has 1 fully saturated rings. The van der Waals surface area contributed by atoms with Crippen LogP contribution in [0.4, 0.5) is 0 Å². The van der Waals surface area contributed by atoms with Crippen molar-refractivity contribution in [2.45, 2.75) is 18.3 Å². The highest BCUT2D eigenvalue weighted by Gasteiger charge is 2.32. The molecule has 0 unspecified atom stereocenters. The Morgan fingerprint density at radius 2 is 1.55 bits per heavy atom. The average molecular weight is 431 g/mol. The van der Waals surface area contributed by atoms with Crippen molar-refractivity contribution in [2.75, 3.05) is 19.3 Å². The van der Waals surface area contributed by atoms with E-state index in [1.54, 1.807) is 16.7 Å². The largest absolute Gasteiger partial charge is 0.337 e. The molecule has 4 nitrogen and oxygen atoms in total. The van der Waals surface area contributed by atoms with Gasteiger partial charge in [0.15, 0.2) is 0 Å². The number of hydrogen-bond donors (Lipinski definition) is 0. The number of nitrogens with zero attached hydrogens (tertiary/aromatic N) is 2. The molecule has 0 N–H and O–H groups in total. The molecule has 2 amide bonds. The van der Waals surface area contributed by atoms with Crippen LogP contribution in [-0.2, 0) is 17.8 Å². The van der Waals surface area contributed by atoms with Gasteiger partial charge in [-0.15, -0.1) is 11.8 Å². The molecule has 1 heterocycles. The van der Waals surface area contributed by atoms with Gasteiger partial charge in [-0.2, -0.15) is 0 Å². The molecule has 0 aliphatic carbocycles. The Balaban J connectivity index is 1.41. The predicted molar refractivity (Wildman–Crippen MR) is 126 cm³/mol. The first-order valence-corrected chi connectivity index (χ1v) is 11.5. The lowest BCUT2D eigenvalue weighted by Crippen LogP contribution is -2.30. The Labute approximate surface area is 187 Å². The highest BCUT2D eigenvalue weighted by molar-refractivity contribution is 8.00. The maximum atomic E-state index is 12.8. The van der Waals surface area contributed by atoms with Crippen LogP contribution in [0.25, 0.3) is 0 Å². The highest BCUT2D eigenvalue weighted by Crippen LogP contribution is 2.38. The topological polar surface area (TPSA) is 40.6 Å². The smallest absolute Gasteiger partial charge is 0.253 e. The number of thioether (sulfide) groups is 1. The van der Waals surface area contributed by atoms with Gasteiger partial charge in [-0.3, -0.25) is 9.59 Å². The molecule has 31 heavy (non-hydrogen) atoms. The number of carbonyl (C=O) groups is 2. The second-order valence-corrected chi connectivity index (χ2v) is 8.82. The summed E-state index contributed by atoms with van der Waals surface area (Å²) in [5, 5.41) is 0.00223. The first-order valence-electron chi connectivity index (χ1n) is 10.5. The molecule has 0 bridgehead atoms. The zero-order chi connectivity index (χ0) is 21.6. The zero-order valence-corrected chi connectivity index (χ0v) is 18.4. The third-order valence-electron chi connectivity index (χ3n) is 5.50. The van der Waals surface area contributed by atoms with Gasteiger partial charge in [0.1, 0.15) is 5.37 Å². The number of carbonyl (C=O) groups excluding carboxylic acids is 2. The first-order chi connectivity index (χ1) is 15.1. The molecule has 0 spiro atoms. The van der Waals surface area contributed by atoms with E-state index >= 15 is 0 Å². The van der Waals surface area contributed by atoms with E-state index in [1.807, 2.05) is 84.7 Å². The predicted octanol–water partition coefficient (Wildman–Crippen LogP) is 4.78. The Bertz CT molecular complexity index is 1020. The summed E-state index contributed by atoms with van der Waals surface area (Å²) in [6.07, 6.45) is 0.838. The molecular formula is C26H26N2O2S. The second kappa shape index (κ2) is 9.84. The molecule has 158 valence electrons. The van der Waals surface area contributed by atoms with Gasteiger partial charge >= 0.3 is 0 Å². The molecular weight excluding hydrogens is 404 g/mol. The van der Waals surface area contributed by atoms with Crippen LogP contribution >= 0.6 is 11.8 Å². The fourth-order valence-corrected chi connectivity index (χ4v) is 5.02. The van der Waals surface area contributed by atoms with Gasteiger partial charge in [0, 0.05) is 25.7 Å². The Morgan fingerprint density at radius 1 is 0.935 bits per heavy atom. The normalized spacial score (nSPS) is 15.8. The minimum Gasteiger partial charge on any atom is -0.337 e. The maximum Gasteiger partial charge on any atom is 0.253 e. The summed E-state index contributed by atoms with van der Waals surface area (Å²) in [6, 6.07) is 27.9. The highest BCUT2D eigenvalue weighted by atomic mass is 32.2. The SMILES string of the molecule is CN(Cc1ccccc1)C(=O)c1ccc([C@H]2SCC(=O)N2CCc2ccccc2)cc1. The lowest BCUT2D eigenvalue weighted by atomic mass is 10.1. The van der Waals surface area contributed by atoms with Crippen LogP contribution in [0, 0.1) is 0 Å². The minimum atomic E-state index is -0.00788. The second-order valence-electron chi connectivity index (χ2n) is 7.75. The van der Waals surface area contributed by atoms with E-state index in [0.717, 1.165) is 17.5 Å². The van der Waals surface area contributed by atoms with Crippen molar-refractivity contribution in [3.8, 4) is 0 Å². The molecule has 0 saturated carbocycles. The lowest BCUT2D eigenvalue weighted by molar-refractivity contribution is -0.128. The van der Waals surface area contributed by atoms with Crippen LogP contribution in [0.3, 0.4) is 0 Å². The van der Waals surface area contributed by atoms with E-state index in [9.17, 15) is 9.59 Å². The van der Waals surface area contributed by atoms with Crippen molar-refractivity contribution in [3.05, 3.63) is 107 Å². The standard InChI is InChI=1S/C26H26N2O2S/c1-27(18-21-10-6-3-7-11-21)25(30)22-12-14-23(15-13-22)26-28(24(29)19-31-26)17-16-20-8-4-2-5-9-20/h2-15,26H,16-19H2,1H3/t26-/m1/s1. The van der Waals surface area contributed by atoms with E-state index in [4.69, 9.17) is 0 Å². The van der Waals surface area contributed by atoms with Gasteiger partial charge in [-0.25, -0.2) is 0 Å². The zero-order valence-electron chi connectivity index (χ0n) is 17.6. The van der Waals surface area contributed by atoms with Gasteiger partial charge in [0.05, 0.1) is 5.75 Å². The first kappa shape index (κ1) is 21.2. The van der Waals surface area contributed by atoms with E-state index < -0.39 is 0 Å². The Morgan fingerprint density at radius 3 is 2.19 bits per heavy atom. The summed E-state index contributed by atoms with van der Waals surface area (Å²) < 4.78 is 0. The molecule has 1 aliphatic rings. The third kappa shape index (κ3) is 5.17. The van der Waals surface area contributed by atoms with Crippen molar-refractivity contribution < 1.29 is 9.59 Å². The average Bonchev–Trinajstić information content (AvgIpc) is 3.19. The molecule has 5 heteroatoms. The fourth-order valence-electron chi connectivity index (χ4n) is 3.81. The van der Waals surface area contributed by atoms with Crippen molar-refractivity contribution in [3.63, 3.8) is 0 Å². The number of hydrogen-bond acceptors (Lipinski definition) is 3. The summed E-state index contributed by atoms with van der Waals surface area (Å²) in [5.41, 5.74) is 4.05. The molecule has 1 atom stereocenters. The fraction of sp³-hybridized carbons (Fsp3) is 0.231. The monoisotopic (exact) mass is 430 g/mol. The molecule has 1 saturated heterocycles. The molecule has 0 radical (unpaired) electrons. The van der Waals surface area contributed by atoms with Crippen molar-refractivity contribution >= 4 is 23.6 Å². The van der Waals surface area contributed by atoms with Crippen LogP contribution in [0.15, 0.2) is 84.9 Å². The maximum absolute atomic E-state index is 12.8. The van der Waals surface area contributed by atoms with Gasteiger partial charge in [-0.1, -0.05) is 72.8 Å². The van der Waals surface area contributed by atoms with Gasteiger partial charge < -0.3 is 9.80 Å². The van der Waals surface area contributed by atoms with Crippen LogP contribution in [0.2, 0.25) is 0 Å². The number of rotatable bonds is 7. The molecule has 4 rings (SSSR count). The number of amides is 2. The summed E-state index contributed by atoms with van der Waals surface area (Å²) in [5.74, 6) is 0.667. The number of benzene rings is 3. The van der Waals surface area contributed by atoms with Crippen molar-refractivity contribution in [1.29, 1.82) is 0 Å². The van der Waals surface area contributed by atoms with Crippen LogP contribution in [-0.4, -0.2) is 41.0 Å². The van der Waals surface area contributed by atoms with E-state index in [-0.39, 0.29) is 17.2 Å². The lowest BCUT2D eigenvalue weighted by Gasteiger charge is -2.24. The molecule has 1 aliphatic heterocycles. The van der Waals surface area contributed by atoms with E-state index in [0.29, 0.717) is 24.4 Å². The Hall–Kier alpha value is -3.05. The van der Waals surface area contributed by atoms with E-state index in [2.05, 4.69) is 12.1 Å². The van der Waals surface area contributed by atoms with Crippen LogP contribution < -0.4 is 0 Å².